The highest BCUT2D eigenvalue weighted by Gasteiger charge is 2.15. The standard InChI is InChI=1S/C22H27N3O3S/c1-2-3-4-14-28-20-12-9-17(10-13-20)25-21(23-24-22(25)29)16-6-5-7-18(26)15-19(27)11-8-16/h5-7,9-10,12-13,15,18,26-27H,2-4,8,11,14H2,1H3,(H,24,29)/b7-5?,16-6+,19-15+. The molecule has 1 aromatic heterocycles. The normalized spacial score (nSPS) is 20.7. The quantitative estimate of drug-likeness (QED) is 0.438. The molecule has 1 heterocycles. The summed E-state index contributed by atoms with van der Waals surface area (Å²) in [6.07, 6.45) is 10.3. The summed E-state index contributed by atoms with van der Waals surface area (Å²) in [5.41, 5.74) is 1.78. The number of benzene rings is 1. The third-order valence-corrected chi connectivity index (χ3v) is 4.96. The number of H-pyrrole nitrogens is 1. The first-order valence-corrected chi connectivity index (χ1v) is 10.4. The summed E-state index contributed by atoms with van der Waals surface area (Å²) in [4.78, 5) is 0. The van der Waals surface area contributed by atoms with E-state index in [-0.39, 0.29) is 5.76 Å². The van der Waals surface area contributed by atoms with Crippen molar-refractivity contribution >= 4 is 17.8 Å². The summed E-state index contributed by atoms with van der Waals surface area (Å²) >= 11 is 5.45. The van der Waals surface area contributed by atoms with Crippen molar-refractivity contribution in [3.8, 4) is 11.4 Å². The molecule has 7 heteroatoms. The number of hydrogen-bond donors (Lipinski definition) is 3. The molecule has 3 N–H and O–H groups in total. The van der Waals surface area contributed by atoms with Gasteiger partial charge in [-0.2, -0.15) is 5.10 Å². The second-order valence-corrected chi connectivity index (χ2v) is 7.35. The highest BCUT2D eigenvalue weighted by molar-refractivity contribution is 7.71. The number of allylic oxidation sites excluding steroid dienone is 4. The Kier molecular flexibility index (Phi) is 7.43. The van der Waals surface area contributed by atoms with Crippen molar-refractivity contribution in [1.29, 1.82) is 0 Å². The van der Waals surface area contributed by atoms with Gasteiger partial charge in [0.1, 0.15) is 5.75 Å². The highest BCUT2D eigenvalue weighted by atomic mass is 32.1. The minimum atomic E-state index is -0.809. The van der Waals surface area contributed by atoms with E-state index in [1.54, 1.807) is 12.2 Å². The van der Waals surface area contributed by atoms with Gasteiger partial charge in [0.25, 0.3) is 0 Å². The monoisotopic (exact) mass is 413 g/mol. The fourth-order valence-electron chi connectivity index (χ4n) is 3.14. The predicted octanol–water partition coefficient (Wildman–Crippen LogP) is 5.04. The molecule has 1 aliphatic carbocycles. The van der Waals surface area contributed by atoms with Crippen LogP contribution in [-0.4, -0.2) is 37.7 Å². The minimum Gasteiger partial charge on any atom is -0.513 e. The van der Waals surface area contributed by atoms with Crippen molar-refractivity contribution in [2.24, 2.45) is 0 Å². The number of ether oxygens (including phenoxy) is 1. The maximum atomic E-state index is 9.97. The second-order valence-electron chi connectivity index (χ2n) is 6.96. The van der Waals surface area contributed by atoms with Crippen molar-refractivity contribution in [3.63, 3.8) is 0 Å². The van der Waals surface area contributed by atoms with Crippen LogP contribution in [0.2, 0.25) is 0 Å². The molecule has 154 valence electrons. The van der Waals surface area contributed by atoms with Gasteiger partial charge in [-0.25, -0.2) is 0 Å². The van der Waals surface area contributed by atoms with Crippen molar-refractivity contribution < 1.29 is 14.9 Å². The molecule has 0 radical (unpaired) electrons. The number of nitrogens with one attached hydrogen (secondary N) is 1. The zero-order valence-corrected chi connectivity index (χ0v) is 17.4. The Morgan fingerprint density at radius 1 is 1.24 bits per heavy atom. The SMILES string of the molecule is CCCCCOc1ccc(-n2c(/C3=C/C=CC(O)/C=C(/O)CC3)n[nH]c2=S)cc1. The molecular formula is C22H27N3O3S. The molecule has 0 saturated heterocycles. The molecule has 0 bridgehead atoms. The number of aliphatic hydroxyl groups excluding tert-OH is 2. The highest BCUT2D eigenvalue weighted by Crippen LogP contribution is 2.25. The van der Waals surface area contributed by atoms with Gasteiger partial charge in [0.2, 0.25) is 0 Å². The van der Waals surface area contributed by atoms with Gasteiger partial charge in [-0.1, -0.05) is 38.0 Å². The average molecular weight is 414 g/mol. The Bertz CT molecular complexity index is 954. The Labute approximate surface area is 175 Å². The maximum absolute atomic E-state index is 9.97. The first kappa shape index (κ1) is 21.1. The van der Waals surface area contributed by atoms with Crippen molar-refractivity contribution in [2.75, 3.05) is 6.61 Å². The van der Waals surface area contributed by atoms with E-state index in [9.17, 15) is 10.2 Å². The molecule has 1 unspecified atom stereocenters. The van der Waals surface area contributed by atoms with E-state index in [2.05, 4.69) is 17.1 Å². The summed E-state index contributed by atoms with van der Waals surface area (Å²) < 4.78 is 8.14. The van der Waals surface area contributed by atoms with Crippen LogP contribution < -0.4 is 4.74 Å². The largest absolute Gasteiger partial charge is 0.513 e. The van der Waals surface area contributed by atoms with Crippen LogP contribution in [0.5, 0.6) is 5.75 Å². The number of nitrogens with zero attached hydrogens (tertiary/aromatic N) is 2. The van der Waals surface area contributed by atoms with Crippen LogP contribution in [-0.2, 0) is 0 Å². The minimum absolute atomic E-state index is 0.153. The molecule has 2 aromatic rings. The molecule has 3 rings (SSSR count). The van der Waals surface area contributed by atoms with Crippen LogP contribution in [0.1, 0.15) is 44.9 Å². The summed E-state index contributed by atoms with van der Waals surface area (Å²) in [7, 11) is 0. The maximum Gasteiger partial charge on any atom is 0.200 e. The van der Waals surface area contributed by atoms with Crippen molar-refractivity contribution in [1.82, 2.24) is 14.8 Å². The van der Waals surface area contributed by atoms with E-state index in [1.807, 2.05) is 34.9 Å². The Morgan fingerprint density at radius 3 is 2.79 bits per heavy atom. The summed E-state index contributed by atoms with van der Waals surface area (Å²) in [6, 6.07) is 7.78. The van der Waals surface area contributed by atoms with Crippen LogP contribution in [0.15, 0.2) is 54.3 Å². The molecule has 0 fully saturated rings. The first-order chi connectivity index (χ1) is 14.1. The molecule has 0 saturated carbocycles. The number of hydrogen-bond acceptors (Lipinski definition) is 5. The third kappa shape index (κ3) is 5.68. The molecule has 1 aliphatic rings. The number of unbranched alkanes of at least 4 members (excludes halogenated alkanes) is 2. The van der Waals surface area contributed by atoms with Gasteiger partial charge in [-0.3, -0.25) is 9.67 Å². The van der Waals surface area contributed by atoms with Crippen LogP contribution in [0.25, 0.3) is 11.3 Å². The van der Waals surface area contributed by atoms with E-state index in [0.717, 1.165) is 29.9 Å². The van der Waals surface area contributed by atoms with Gasteiger partial charge in [-0.15, -0.1) is 0 Å². The lowest BCUT2D eigenvalue weighted by molar-refractivity contribution is 0.261. The lowest BCUT2D eigenvalue weighted by Crippen LogP contribution is -2.02. The smallest absolute Gasteiger partial charge is 0.200 e. The average Bonchev–Trinajstić information content (AvgIpc) is 3.12. The topological polar surface area (TPSA) is 83.3 Å². The third-order valence-electron chi connectivity index (χ3n) is 4.69. The zero-order valence-electron chi connectivity index (χ0n) is 16.5. The zero-order chi connectivity index (χ0) is 20.6. The van der Waals surface area contributed by atoms with Crippen LogP contribution in [0.4, 0.5) is 0 Å². The molecule has 0 spiro atoms. The van der Waals surface area contributed by atoms with Gasteiger partial charge >= 0.3 is 0 Å². The van der Waals surface area contributed by atoms with Crippen LogP contribution in [0, 0.1) is 4.77 Å². The van der Waals surface area contributed by atoms with Crippen molar-refractivity contribution in [3.05, 3.63) is 64.9 Å². The molecule has 0 amide bonds. The number of aromatic amines is 1. The van der Waals surface area contributed by atoms with E-state index < -0.39 is 6.10 Å². The summed E-state index contributed by atoms with van der Waals surface area (Å²) in [5, 5.41) is 27.0. The predicted molar refractivity (Wildman–Crippen MR) is 117 cm³/mol. The Hall–Kier alpha value is -2.64. The van der Waals surface area contributed by atoms with Crippen LogP contribution >= 0.6 is 12.2 Å². The van der Waals surface area contributed by atoms with Gasteiger partial charge < -0.3 is 14.9 Å². The first-order valence-electron chi connectivity index (χ1n) is 9.94. The number of rotatable bonds is 7. The molecule has 1 atom stereocenters. The number of aliphatic hydroxyl groups is 2. The fourth-order valence-corrected chi connectivity index (χ4v) is 3.38. The second kappa shape index (κ2) is 10.2. The molecule has 6 nitrogen and oxygen atoms in total. The van der Waals surface area contributed by atoms with E-state index >= 15 is 0 Å². The fraction of sp³-hybridized carbons (Fsp3) is 0.364. The van der Waals surface area contributed by atoms with Crippen LogP contribution in [0.3, 0.4) is 0 Å². The van der Waals surface area contributed by atoms with Gasteiger partial charge in [-0.05, 0) is 61.0 Å². The molecule has 0 aliphatic heterocycles. The Morgan fingerprint density at radius 2 is 2.03 bits per heavy atom. The number of aromatic nitrogens is 3. The Balaban J connectivity index is 1.84. The van der Waals surface area contributed by atoms with Gasteiger partial charge in [0, 0.05) is 6.42 Å². The lowest BCUT2D eigenvalue weighted by atomic mass is 10.1. The summed E-state index contributed by atoms with van der Waals surface area (Å²) in [6.45, 7) is 2.88. The van der Waals surface area contributed by atoms with Gasteiger partial charge in [0.15, 0.2) is 10.6 Å². The van der Waals surface area contributed by atoms with E-state index in [4.69, 9.17) is 17.0 Å². The van der Waals surface area contributed by atoms with Crippen molar-refractivity contribution in [2.45, 2.75) is 45.1 Å². The van der Waals surface area contributed by atoms with E-state index in [0.29, 0.717) is 30.0 Å². The molecular weight excluding hydrogens is 386 g/mol. The van der Waals surface area contributed by atoms with E-state index in [1.165, 1.54) is 12.5 Å². The molecule has 29 heavy (non-hydrogen) atoms. The molecule has 1 aromatic carbocycles. The summed E-state index contributed by atoms with van der Waals surface area (Å²) in [5.74, 6) is 1.66. The lowest BCUT2D eigenvalue weighted by Gasteiger charge is -2.11. The van der Waals surface area contributed by atoms with Gasteiger partial charge in [0.05, 0.1) is 24.2 Å².